The Labute approximate surface area is 171 Å². The van der Waals surface area contributed by atoms with Crippen molar-refractivity contribution in [2.75, 3.05) is 16.4 Å². The minimum atomic E-state index is -3.72. The third-order valence-electron chi connectivity index (χ3n) is 3.76. The van der Waals surface area contributed by atoms with Crippen LogP contribution in [0.5, 0.6) is 11.5 Å². The van der Waals surface area contributed by atoms with Gasteiger partial charge in [-0.2, -0.15) is 0 Å². The number of anilines is 3. The zero-order chi connectivity index (χ0) is 20.6. The van der Waals surface area contributed by atoms with E-state index in [0.29, 0.717) is 16.3 Å². The van der Waals surface area contributed by atoms with Gasteiger partial charge in [-0.15, -0.1) is 20.1 Å². The summed E-state index contributed by atoms with van der Waals surface area (Å²) >= 11 is 7.06. The second-order valence-corrected chi connectivity index (χ2v) is 7.14. The van der Waals surface area contributed by atoms with Crippen molar-refractivity contribution in [1.29, 1.82) is 0 Å². The van der Waals surface area contributed by atoms with Gasteiger partial charge >= 0.3 is 6.29 Å². The van der Waals surface area contributed by atoms with Gasteiger partial charge in [0.1, 0.15) is 10.0 Å². The smallest absolute Gasteiger partial charge is 0.395 e. The van der Waals surface area contributed by atoms with E-state index in [0.717, 1.165) is 0 Å². The highest BCUT2D eigenvalue weighted by atomic mass is 35.5. The highest BCUT2D eigenvalue weighted by molar-refractivity contribution is 7.12. The standard InChI is InChI=1S/C17H12ClF2N5O3S/c18-13-6-9(24-16(21)25-13)7-22-10-3-4-29-14(10)15(26)23-8-1-2-11-12(5-8)28-17(19,20)27-11/h1-6,22H,7H2,(H,23,26)(H2,21,24,25). The summed E-state index contributed by atoms with van der Waals surface area (Å²) in [6, 6.07) is 7.28. The van der Waals surface area contributed by atoms with E-state index in [4.69, 9.17) is 17.3 Å². The average molecular weight is 440 g/mol. The van der Waals surface area contributed by atoms with E-state index in [1.54, 1.807) is 17.5 Å². The summed E-state index contributed by atoms with van der Waals surface area (Å²) in [5.41, 5.74) is 6.96. The molecule has 0 aliphatic carbocycles. The van der Waals surface area contributed by atoms with Gasteiger partial charge in [0.05, 0.1) is 17.9 Å². The number of halogens is 3. The summed E-state index contributed by atoms with van der Waals surface area (Å²) in [5.74, 6) is -0.635. The predicted molar refractivity (Wildman–Crippen MR) is 104 cm³/mol. The van der Waals surface area contributed by atoms with Crippen molar-refractivity contribution in [3.8, 4) is 11.5 Å². The highest BCUT2D eigenvalue weighted by Gasteiger charge is 2.43. The number of rotatable bonds is 5. The molecule has 0 unspecified atom stereocenters. The lowest BCUT2D eigenvalue weighted by Crippen LogP contribution is -2.25. The molecule has 29 heavy (non-hydrogen) atoms. The number of nitrogens with one attached hydrogen (secondary N) is 2. The molecule has 0 spiro atoms. The third-order valence-corrected chi connectivity index (χ3v) is 4.86. The second-order valence-electron chi connectivity index (χ2n) is 5.84. The van der Waals surface area contributed by atoms with Gasteiger partial charge in [0.25, 0.3) is 5.91 Å². The molecule has 1 aliphatic heterocycles. The molecule has 0 saturated heterocycles. The Bertz CT molecular complexity index is 1070. The molecule has 3 heterocycles. The van der Waals surface area contributed by atoms with Crippen LogP contribution in [0.3, 0.4) is 0 Å². The quantitative estimate of drug-likeness (QED) is 0.516. The number of nitrogen functional groups attached to an aromatic ring is 1. The van der Waals surface area contributed by atoms with Crippen LogP contribution in [-0.4, -0.2) is 22.2 Å². The number of nitrogens with zero attached hydrogens (tertiary/aromatic N) is 2. The highest BCUT2D eigenvalue weighted by Crippen LogP contribution is 2.42. The first kappa shape index (κ1) is 19.2. The Morgan fingerprint density at radius 2 is 2.00 bits per heavy atom. The lowest BCUT2D eigenvalue weighted by molar-refractivity contribution is -0.286. The molecule has 1 aliphatic rings. The fraction of sp³-hybridized carbons (Fsp3) is 0.118. The molecule has 0 bridgehead atoms. The van der Waals surface area contributed by atoms with Crippen LogP contribution in [0.2, 0.25) is 5.15 Å². The largest absolute Gasteiger partial charge is 0.586 e. The number of amides is 1. The first-order valence-electron chi connectivity index (χ1n) is 8.10. The number of ether oxygens (including phenoxy) is 2. The number of carbonyl (C=O) groups is 1. The SMILES string of the molecule is Nc1nc(Cl)cc(CNc2ccsc2C(=O)Nc2ccc3c(c2)OC(F)(F)O3)n1. The van der Waals surface area contributed by atoms with E-state index in [-0.39, 0.29) is 34.8 Å². The van der Waals surface area contributed by atoms with Crippen molar-refractivity contribution in [3.63, 3.8) is 0 Å². The summed E-state index contributed by atoms with van der Waals surface area (Å²) in [6.07, 6.45) is -3.72. The van der Waals surface area contributed by atoms with E-state index in [1.807, 2.05) is 0 Å². The maximum atomic E-state index is 13.1. The van der Waals surface area contributed by atoms with Crippen LogP contribution < -0.4 is 25.8 Å². The first-order chi connectivity index (χ1) is 13.8. The summed E-state index contributed by atoms with van der Waals surface area (Å²) in [5, 5.41) is 7.68. The summed E-state index contributed by atoms with van der Waals surface area (Å²) in [6.45, 7) is 0.266. The third kappa shape index (κ3) is 4.30. The molecule has 12 heteroatoms. The normalized spacial score (nSPS) is 13.9. The summed E-state index contributed by atoms with van der Waals surface area (Å²) < 4.78 is 35.0. The summed E-state index contributed by atoms with van der Waals surface area (Å²) in [4.78, 5) is 20.8. The minimum Gasteiger partial charge on any atom is -0.395 e. The van der Waals surface area contributed by atoms with Crippen LogP contribution in [0, 0.1) is 0 Å². The van der Waals surface area contributed by atoms with E-state index in [1.165, 1.54) is 29.5 Å². The van der Waals surface area contributed by atoms with Crippen LogP contribution in [0.25, 0.3) is 0 Å². The van der Waals surface area contributed by atoms with E-state index >= 15 is 0 Å². The first-order valence-corrected chi connectivity index (χ1v) is 9.36. The zero-order valence-corrected chi connectivity index (χ0v) is 16.0. The van der Waals surface area contributed by atoms with Gasteiger partial charge in [-0.05, 0) is 29.6 Å². The average Bonchev–Trinajstić information content (AvgIpc) is 3.21. The van der Waals surface area contributed by atoms with Crippen molar-refractivity contribution in [2.24, 2.45) is 0 Å². The molecule has 3 aromatic rings. The number of hydrogen-bond donors (Lipinski definition) is 3. The number of nitrogens with two attached hydrogens (primary N) is 1. The van der Waals surface area contributed by atoms with Gasteiger partial charge in [-0.25, -0.2) is 9.97 Å². The fourth-order valence-corrected chi connectivity index (χ4v) is 3.58. The molecule has 1 aromatic carbocycles. The van der Waals surface area contributed by atoms with Crippen LogP contribution >= 0.6 is 22.9 Å². The van der Waals surface area contributed by atoms with Gasteiger partial charge in [-0.3, -0.25) is 4.79 Å². The molecule has 150 valence electrons. The Morgan fingerprint density at radius 3 is 2.79 bits per heavy atom. The topological polar surface area (TPSA) is 111 Å². The Hall–Kier alpha value is -3.18. The maximum absolute atomic E-state index is 13.1. The lowest BCUT2D eigenvalue weighted by Gasteiger charge is -2.09. The maximum Gasteiger partial charge on any atom is 0.586 e. The molecular weight excluding hydrogens is 428 g/mol. The number of benzene rings is 1. The molecule has 4 N–H and O–H groups in total. The summed E-state index contributed by atoms with van der Waals surface area (Å²) in [7, 11) is 0. The van der Waals surface area contributed by atoms with Crippen LogP contribution in [-0.2, 0) is 6.54 Å². The minimum absolute atomic E-state index is 0.0472. The van der Waals surface area contributed by atoms with Crippen LogP contribution in [0.15, 0.2) is 35.7 Å². The molecule has 8 nitrogen and oxygen atoms in total. The van der Waals surface area contributed by atoms with Gasteiger partial charge in [0, 0.05) is 11.8 Å². The van der Waals surface area contributed by atoms with Crippen LogP contribution in [0.1, 0.15) is 15.4 Å². The molecule has 4 rings (SSSR count). The Morgan fingerprint density at radius 1 is 1.21 bits per heavy atom. The Kier molecular flexibility index (Phi) is 4.84. The second kappa shape index (κ2) is 7.33. The predicted octanol–water partition coefficient (Wildman–Crippen LogP) is 3.96. The van der Waals surface area contributed by atoms with Crippen molar-refractivity contribution >= 4 is 46.2 Å². The molecular formula is C17H12ClF2N5O3S. The number of thiophene rings is 1. The van der Waals surface area contributed by atoms with Crippen LogP contribution in [0.4, 0.5) is 26.1 Å². The Balaban J connectivity index is 1.45. The number of hydrogen-bond acceptors (Lipinski definition) is 8. The zero-order valence-electron chi connectivity index (χ0n) is 14.4. The van der Waals surface area contributed by atoms with E-state index in [2.05, 4.69) is 30.1 Å². The van der Waals surface area contributed by atoms with Crippen molar-refractivity contribution in [3.05, 3.63) is 51.4 Å². The number of aromatic nitrogens is 2. The van der Waals surface area contributed by atoms with Gasteiger partial charge in [-0.1, -0.05) is 11.6 Å². The monoisotopic (exact) mass is 439 g/mol. The number of carbonyl (C=O) groups excluding carboxylic acids is 1. The molecule has 0 radical (unpaired) electrons. The number of alkyl halides is 2. The number of fused-ring (bicyclic) bond motifs is 1. The van der Waals surface area contributed by atoms with Crippen molar-refractivity contribution in [1.82, 2.24) is 9.97 Å². The molecule has 0 fully saturated rings. The van der Waals surface area contributed by atoms with Crippen molar-refractivity contribution in [2.45, 2.75) is 12.8 Å². The van der Waals surface area contributed by atoms with Gasteiger partial charge in [0.15, 0.2) is 11.5 Å². The molecule has 0 saturated carbocycles. The van der Waals surface area contributed by atoms with E-state index < -0.39 is 12.2 Å². The molecule has 2 aromatic heterocycles. The van der Waals surface area contributed by atoms with Gasteiger partial charge in [0.2, 0.25) is 5.95 Å². The van der Waals surface area contributed by atoms with Crippen molar-refractivity contribution < 1.29 is 23.0 Å². The lowest BCUT2D eigenvalue weighted by atomic mass is 10.2. The fourth-order valence-electron chi connectivity index (χ4n) is 2.60. The van der Waals surface area contributed by atoms with Gasteiger partial charge < -0.3 is 25.8 Å². The molecule has 0 atom stereocenters. The van der Waals surface area contributed by atoms with E-state index in [9.17, 15) is 13.6 Å². The molecule has 1 amide bonds.